The van der Waals surface area contributed by atoms with Gasteiger partial charge in [-0.3, -0.25) is 10.1 Å². The fraction of sp³-hybridized carbons (Fsp3) is 0.533. The number of anilines is 1. The summed E-state index contributed by atoms with van der Waals surface area (Å²) in [6.45, 7) is 10.6. The zero-order valence-electron chi connectivity index (χ0n) is 13.5. The zero-order valence-corrected chi connectivity index (χ0v) is 15.1. The summed E-state index contributed by atoms with van der Waals surface area (Å²) in [6.07, 6.45) is 0.907. The van der Waals surface area contributed by atoms with Crippen molar-refractivity contribution in [2.24, 2.45) is 5.41 Å². The van der Waals surface area contributed by atoms with Crippen LogP contribution in [-0.4, -0.2) is 15.6 Å². The molecule has 7 heteroatoms. The predicted octanol–water partition coefficient (Wildman–Crippen LogP) is 4.75. The maximum absolute atomic E-state index is 10.8. The molecule has 122 valence electrons. The largest absolute Gasteiger partial charge is 0.358 e. The molecule has 1 rings (SSSR count). The van der Waals surface area contributed by atoms with Crippen LogP contribution in [0.25, 0.3) is 0 Å². The summed E-state index contributed by atoms with van der Waals surface area (Å²) in [6, 6.07) is 4.20. The Morgan fingerprint density at radius 2 is 1.91 bits per heavy atom. The van der Waals surface area contributed by atoms with Crippen molar-refractivity contribution in [1.82, 2.24) is 5.32 Å². The van der Waals surface area contributed by atoms with Gasteiger partial charge in [0.2, 0.25) is 0 Å². The van der Waals surface area contributed by atoms with Gasteiger partial charge >= 0.3 is 0 Å². The number of hydrogen-bond donors (Lipinski definition) is 2. The van der Waals surface area contributed by atoms with E-state index < -0.39 is 4.92 Å². The number of nitro groups is 1. The van der Waals surface area contributed by atoms with Gasteiger partial charge in [0, 0.05) is 17.7 Å². The summed E-state index contributed by atoms with van der Waals surface area (Å²) >= 11 is 11.3. The van der Waals surface area contributed by atoms with E-state index >= 15 is 0 Å². The number of non-ortho nitro benzene ring substituents is 1. The van der Waals surface area contributed by atoms with Crippen molar-refractivity contribution < 1.29 is 4.92 Å². The van der Waals surface area contributed by atoms with Crippen molar-refractivity contribution in [3.05, 3.63) is 33.3 Å². The molecule has 1 aromatic rings. The fourth-order valence-electron chi connectivity index (χ4n) is 2.55. The van der Waals surface area contributed by atoms with Crippen LogP contribution in [0.5, 0.6) is 0 Å². The first-order chi connectivity index (χ1) is 9.89. The molecule has 0 unspecified atom stereocenters. The third-order valence-corrected chi connectivity index (χ3v) is 3.37. The molecule has 0 heterocycles. The molecule has 0 bridgehead atoms. The number of rotatable bonds is 4. The Labute approximate surface area is 141 Å². The third-order valence-electron chi connectivity index (χ3n) is 2.83. The smallest absolute Gasteiger partial charge is 0.271 e. The summed E-state index contributed by atoms with van der Waals surface area (Å²) in [5.74, 6) is 0. The third kappa shape index (κ3) is 6.15. The Kier molecular flexibility index (Phi) is 5.76. The minimum Gasteiger partial charge on any atom is -0.358 e. The zero-order chi connectivity index (χ0) is 17.1. The Balaban J connectivity index is 2.81. The van der Waals surface area contributed by atoms with E-state index in [1.54, 1.807) is 0 Å². The summed E-state index contributed by atoms with van der Waals surface area (Å²) in [5.41, 5.74) is 0.314. The second kappa shape index (κ2) is 6.79. The first kappa shape index (κ1) is 18.6. The first-order valence-electron chi connectivity index (χ1n) is 6.93. The average molecular weight is 344 g/mol. The van der Waals surface area contributed by atoms with Gasteiger partial charge in [-0.05, 0) is 44.0 Å². The second-order valence-electron chi connectivity index (χ2n) is 7.12. The second-order valence-corrected chi connectivity index (χ2v) is 7.94. The van der Waals surface area contributed by atoms with Crippen LogP contribution in [0.3, 0.4) is 0 Å². The molecule has 0 saturated carbocycles. The molecule has 0 aliphatic carbocycles. The molecule has 0 spiro atoms. The lowest BCUT2D eigenvalue weighted by atomic mass is 9.82. The van der Waals surface area contributed by atoms with Gasteiger partial charge in [-0.1, -0.05) is 32.4 Å². The molecule has 0 radical (unpaired) electrons. The quantitative estimate of drug-likeness (QED) is 0.469. The summed E-state index contributed by atoms with van der Waals surface area (Å²) < 4.78 is 0. The monoisotopic (exact) mass is 343 g/mol. The maximum Gasteiger partial charge on any atom is 0.271 e. The van der Waals surface area contributed by atoms with E-state index in [0.29, 0.717) is 15.8 Å². The highest BCUT2D eigenvalue weighted by molar-refractivity contribution is 7.80. The molecule has 0 fully saturated rings. The molecule has 5 nitrogen and oxygen atoms in total. The lowest BCUT2D eigenvalue weighted by Crippen LogP contribution is -2.47. The highest BCUT2D eigenvalue weighted by atomic mass is 35.5. The van der Waals surface area contributed by atoms with Crippen molar-refractivity contribution in [1.29, 1.82) is 0 Å². The average Bonchev–Trinajstić information content (AvgIpc) is 2.27. The minimum atomic E-state index is -0.471. The van der Waals surface area contributed by atoms with Crippen LogP contribution in [0.4, 0.5) is 11.4 Å². The lowest BCUT2D eigenvalue weighted by Gasteiger charge is -2.34. The SMILES string of the molecule is CC(C)(C)CC(C)(C)NC(=S)Nc1cc([N+](=O)[O-])ccc1Cl. The molecule has 0 amide bonds. The van der Waals surface area contributed by atoms with E-state index in [4.69, 9.17) is 23.8 Å². The molecule has 0 aliphatic heterocycles. The van der Waals surface area contributed by atoms with Crippen LogP contribution in [0.1, 0.15) is 41.0 Å². The predicted molar refractivity (Wildman–Crippen MR) is 95.6 cm³/mol. The summed E-state index contributed by atoms with van der Waals surface area (Å²) in [4.78, 5) is 10.4. The van der Waals surface area contributed by atoms with Gasteiger partial charge in [0.15, 0.2) is 5.11 Å². The number of nitro benzene ring substituents is 1. The van der Waals surface area contributed by atoms with Crippen LogP contribution in [0.2, 0.25) is 5.02 Å². The van der Waals surface area contributed by atoms with Crippen molar-refractivity contribution in [3.63, 3.8) is 0 Å². The van der Waals surface area contributed by atoms with Crippen LogP contribution < -0.4 is 10.6 Å². The highest BCUT2D eigenvalue weighted by Gasteiger charge is 2.26. The molecule has 1 aromatic carbocycles. The number of nitrogens with one attached hydrogen (secondary N) is 2. The number of nitrogens with zero attached hydrogens (tertiary/aromatic N) is 1. The number of hydrogen-bond acceptors (Lipinski definition) is 3. The van der Waals surface area contributed by atoms with E-state index in [1.165, 1.54) is 18.2 Å². The molecule has 0 aliphatic rings. The van der Waals surface area contributed by atoms with Crippen LogP contribution in [0, 0.1) is 15.5 Å². The number of halogens is 1. The van der Waals surface area contributed by atoms with E-state index in [0.717, 1.165) is 6.42 Å². The number of thiocarbonyl (C=S) groups is 1. The Morgan fingerprint density at radius 3 is 2.41 bits per heavy atom. The Hall–Kier alpha value is -1.40. The normalized spacial score (nSPS) is 11.9. The lowest BCUT2D eigenvalue weighted by molar-refractivity contribution is -0.384. The minimum absolute atomic E-state index is 0.0383. The van der Waals surface area contributed by atoms with Crippen LogP contribution >= 0.6 is 23.8 Å². The number of benzene rings is 1. The maximum atomic E-state index is 10.8. The van der Waals surface area contributed by atoms with Gasteiger partial charge in [-0.2, -0.15) is 0 Å². The van der Waals surface area contributed by atoms with Gasteiger partial charge < -0.3 is 10.6 Å². The Morgan fingerprint density at radius 1 is 1.32 bits per heavy atom. The standard InChI is InChI=1S/C15H22ClN3O2S/c1-14(2,3)9-15(4,5)18-13(22)17-12-8-10(19(20)21)6-7-11(12)16/h6-8H,9H2,1-5H3,(H2,17,18,22). The van der Waals surface area contributed by atoms with E-state index in [-0.39, 0.29) is 16.6 Å². The molecule has 0 aromatic heterocycles. The summed E-state index contributed by atoms with van der Waals surface area (Å²) in [7, 11) is 0. The van der Waals surface area contributed by atoms with Gasteiger partial charge in [-0.25, -0.2) is 0 Å². The van der Waals surface area contributed by atoms with Gasteiger partial charge in [0.1, 0.15) is 0 Å². The molecular weight excluding hydrogens is 322 g/mol. The van der Waals surface area contributed by atoms with Gasteiger partial charge in [0.25, 0.3) is 5.69 Å². The highest BCUT2D eigenvalue weighted by Crippen LogP contribution is 2.28. The molecule has 0 saturated heterocycles. The van der Waals surface area contributed by atoms with Crippen molar-refractivity contribution >= 4 is 40.3 Å². The fourth-order valence-corrected chi connectivity index (χ4v) is 3.10. The Bertz CT molecular complexity index is 583. The van der Waals surface area contributed by atoms with Gasteiger partial charge in [-0.15, -0.1) is 0 Å². The van der Waals surface area contributed by atoms with Crippen molar-refractivity contribution in [2.45, 2.75) is 46.6 Å². The van der Waals surface area contributed by atoms with Gasteiger partial charge in [0.05, 0.1) is 15.6 Å². The van der Waals surface area contributed by atoms with Crippen LogP contribution in [0.15, 0.2) is 18.2 Å². The topological polar surface area (TPSA) is 67.2 Å². The van der Waals surface area contributed by atoms with Crippen molar-refractivity contribution in [3.8, 4) is 0 Å². The van der Waals surface area contributed by atoms with E-state index in [9.17, 15) is 10.1 Å². The van der Waals surface area contributed by atoms with E-state index in [2.05, 4.69) is 45.3 Å². The first-order valence-corrected chi connectivity index (χ1v) is 7.71. The molecule has 2 N–H and O–H groups in total. The molecule has 0 atom stereocenters. The van der Waals surface area contributed by atoms with E-state index in [1.807, 2.05) is 0 Å². The molecule has 22 heavy (non-hydrogen) atoms. The summed E-state index contributed by atoms with van der Waals surface area (Å²) in [5, 5.41) is 17.7. The van der Waals surface area contributed by atoms with Crippen molar-refractivity contribution in [2.75, 3.05) is 5.32 Å². The van der Waals surface area contributed by atoms with Crippen LogP contribution in [-0.2, 0) is 0 Å². The molecular formula is C15H22ClN3O2S.